The highest BCUT2D eigenvalue weighted by atomic mass is 19.1. The van der Waals surface area contributed by atoms with Crippen molar-refractivity contribution in [2.45, 2.75) is 46.0 Å². The molecular formula is C16H25F2N3. The molecule has 1 aromatic rings. The average molecular weight is 297 g/mol. The molecular weight excluding hydrogens is 272 g/mol. The van der Waals surface area contributed by atoms with Crippen LogP contribution in [-0.4, -0.2) is 24.6 Å². The SMILES string of the molecule is CCCNc1nc(N2CCC(CCC)CC2)c(F)cc1F. The van der Waals surface area contributed by atoms with Crippen LogP contribution in [-0.2, 0) is 0 Å². The number of nitrogens with one attached hydrogen (secondary N) is 1. The van der Waals surface area contributed by atoms with E-state index in [0.29, 0.717) is 6.54 Å². The van der Waals surface area contributed by atoms with E-state index in [4.69, 9.17) is 0 Å². The molecule has 1 fully saturated rings. The van der Waals surface area contributed by atoms with Crippen LogP contribution in [0.25, 0.3) is 0 Å². The third-order valence-corrected chi connectivity index (χ3v) is 4.06. The Morgan fingerprint density at radius 2 is 1.90 bits per heavy atom. The van der Waals surface area contributed by atoms with Gasteiger partial charge in [-0.3, -0.25) is 0 Å². The predicted molar refractivity (Wildman–Crippen MR) is 82.8 cm³/mol. The third kappa shape index (κ3) is 4.05. The highest BCUT2D eigenvalue weighted by molar-refractivity contribution is 5.49. The van der Waals surface area contributed by atoms with E-state index in [1.54, 1.807) is 0 Å². The minimum Gasteiger partial charge on any atom is -0.368 e. The quantitative estimate of drug-likeness (QED) is 0.853. The van der Waals surface area contributed by atoms with E-state index in [0.717, 1.165) is 44.3 Å². The van der Waals surface area contributed by atoms with Gasteiger partial charge in [0.1, 0.15) is 0 Å². The molecule has 0 atom stereocenters. The zero-order chi connectivity index (χ0) is 15.2. The number of rotatable bonds is 6. The Hall–Kier alpha value is -1.39. The van der Waals surface area contributed by atoms with Gasteiger partial charge >= 0.3 is 0 Å². The smallest absolute Gasteiger partial charge is 0.168 e. The molecule has 0 amide bonds. The molecule has 0 aromatic carbocycles. The van der Waals surface area contributed by atoms with Crippen LogP contribution in [0.15, 0.2) is 6.07 Å². The normalized spacial score (nSPS) is 16.3. The standard InChI is InChI=1S/C16H25F2N3/c1-3-5-12-6-9-21(10-7-12)16-14(18)11-13(17)15(20-16)19-8-4-2/h11-12H,3-10H2,1-2H3,(H,19,20). The Bertz CT molecular complexity index is 457. The van der Waals surface area contributed by atoms with E-state index in [1.165, 1.54) is 12.8 Å². The lowest BCUT2D eigenvalue weighted by Gasteiger charge is -2.33. The van der Waals surface area contributed by atoms with Gasteiger partial charge in [0.05, 0.1) is 0 Å². The third-order valence-electron chi connectivity index (χ3n) is 4.06. The summed E-state index contributed by atoms with van der Waals surface area (Å²) in [5.74, 6) is -0.0182. The minimum absolute atomic E-state index is 0.156. The van der Waals surface area contributed by atoms with Crippen LogP contribution in [0.5, 0.6) is 0 Å². The van der Waals surface area contributed by atoms with Gasteiger partial charge in [-0.15, -0.1) is 0 Å². The monoisotopic (exact) mass is 297 g/mol. The fraction of sp³-hybridized carbons (Fsp3) is 0.688. The average Bonchev–Trinajstić information content (AvgIpc) is 2.48. The fourth-order valence-corrected chi connectivity index (χ4v) is 2.89. The van der Waals surface area contributed by atoms with Crippen molar-refractivity contribution in [1.82, 2.24) is 4.98 Å². The molecule has 5 heteroatoms. The molecule has 0 bridgehead atoms. The van der Waals surface area contributed by atoms with Crippen molar-refractivity contribution in [3.8, 4) is 0 Å². The van der Waals surface area contributed by atoms with Crippen LogP contribution >= 0.6 is 0 Å². The first-order valence-electron chi connectivity index (χ1n) is 8.00. The second-order valence-electron chi connectivity index (χ2n) is 5.77. The lowest BCUT2D eigenvalue weighted by molar-refractivity contribution is 0.375. The van der Waals surface area contributed by atoms with Crippen LogP contribution in [0.3, 0.4) is 0 Å². The second kappa shape index (κ2) is 7.57. The van der Waals surface area contributed by atoms with Crippen molar-refractivity contribution in [2.24, 2.45) is 5.92 Å². The first-order valence-corrected chi connectivity index (χ1v) is 8.00. The van der Waals surface area contributed by atoms with Crippen molar-refractivity contribution in [2.75, 3.05) is 29.9 Å². The lowest BCUT2D eigenvalue weighted by Crippen LogP contribution is -2.35. The first kappa shape index (κ1) is 16.0. The maximum absolute atomic E-state index is 14.0. The van der Waals surface area contributed by atoms with Crippen LogP contribution in [0.1, 0.15) is 46.0 Å². The van der Waals surface area contributed by atoms with Gasteiger partial charge in [0.15, 0.2) is 23.3 Å². The number of anilines is 2. The van der Waals surface area contributed by atoms with Gasteiger partial charge in [-0.2, -0.15) is 0 Å². The van der Waals surface area contributed by atoms with E-state index < -0.39 is 11.6 Å². The number of aromatic nitrogens is 1. The van der Waals surface area contributed by atoms with Crippen LogP contribution < -0.4 is 10.2 Å². The molecule has 0 unspecified atom stereocenters. The molecule has 2 rings (SSSR count). The lowest BCUT2D eigenvalue weighted by atomic mass is 9.92. The zero-order valence-electron chi connectivity index (χ0n) is 13.0. The molecule has 3 nitrogen and oxygen atoms in total. The number of piperidine rings is 1. The minimum atomic E-state index is -0.620. The Morgan fingerprint density at radius 3 is 2.52 bits per heavy atom. The van der Waals surface area contributed by atoms with Gasteiger partial charge in [-0.1, -0.05) is 26.7 Å². The summed E-state index contributed by atoms with van der Waals surface area (Å²) < 4.78 is 27.7. The van der Waals surface area contributed by atoms with E-state index in [1.807, 2.05) is 11.8 Å². The molecule has 1 N–H and O–H groups in total. The summed E-state index contributed by atoms with van der Waals surface area (Å²) in [6.45, 7) is 6.42. The number of halogens is 2. The van der Waals surface area contributed by atoms with Crippen molar-refractivity contribution >= 4 is 11.6 Å². The summed E-state index contributed by atoms with van der Waals surface area (Å²) in [4.78, 5) is 6.11. The molecule has 118 valence electrons. The van der Waals surface area contributed by atoms with Gasteiger partial charge in [-0.05, 0) is 25.2 Å². The Kier molecular flexibility index (Phi) is 5.76. The van der Waals surface area contributed by atoms with E-state index in [9.17, 15) is 8.78 Å². The van der Waals surface area contributed by atoms with Crippen LogP contribution in [0.4, 0.5) is 20.4 Å². The van der Waals surface area contributed by atoms with Crippen molar-refractivity contribution < 1.29 is 8.78 Å². The number of hydrogen-bond donors (Lipinski definition) is 1. The van der Waals surface area contributed by atoms with Crippen molar-refractivity contribution in [1.29, 1.82) is 0 Å². The molecule has 1 aliphatic rings. The maximum Gasteiger partial charge on any atom is 0.168 e. The summed E-state index contributed by atoms with van der Waals surface area (Å²) in [5.41, 5.74) is 0. The van der Waals surface area contributed by atoms with E-state index in [-0.39, 0.29) is 11.6 Å². The molecule has 0 aliphatic carbocycles. The largest absolute Gasteiger partial charge is 0.368 e. The molecule has 0 radical (unpaired) electrons. The summed E-state index contributed by atoms with van der Waals surface area (Å²) >= 11 is 0. The summed E-state index contributed by atoms with van der Waals surface area (Å²) in [6, 6.07) is 0.943. The van der Waals surface area contributed by atoms with E-state index in [2.05, 4.69) is 17.2 Å². The van der Waals surface area contributed by atoms with Gasteiger partial charge in [0, 0.05) is 25.7 Å². The zero-order valence-corrected chi connectivity index (χ0v) is 13.0. The maximum atomic E-state index is 14.0. The Morgan fingerprint density at radius 1 is 1.19 bits per heavy atom. The molecule has 1 aromatic heterocycles. The van der Waals surface area contributed by atoms with Gasteiger partial charge < -0.3 is 10.2 Å². The highest BCUT2D eigenvalue weighted by Gasteiger charge is 2.23. The Labute approximate surface area is 125 Å². The van der Waals surface area contributed by atoms with Crippen LogP contribution in [0, 0.1) is 17.6 Å². The predicted octanol–water partition coefficient (Wildman–Crippen LogP) is 4.20. The van der Waals surface area contributed by atoms with Gasteiger partial charge in [0.25, 0.3) is 0 Å². The molecule has 2 heterocycles. The molecule has 0 spiro atoms. The molecule has 1 aliphatic heterocycles. The van der Waals surface area contributed by atoms with Crippen molar-refractivity contribution in [3.63, 3.8) is 0 Å². The number of hydrogen-bond acceptors (Lipinski definition) is 3. The number of nitrogens with zero attached hydrogens (tertiary/aromatic N) is 2. The van der Waals surface area contributed by atoms with Crippen LogP contribution in [0.2, 0.25) is 0 Å². The van der Waals surface area contributed by atoms with Gasteiger partial charge in [0.2, 0.25) is 0 Å². The highest BCUT2D eigenvalue weighted by Crippen LogP contribution is 2.28. The molecule has 1 saturated heterocycles. The topological polar surface area (TPSA) is 28.2 Å². The number of pyridine rings is 1. The van der Waals surface area contributed by atoms with Crippen molar-refractivity contribution in [3.05, 3.63) is 17.7 Å². The second-order valence-corrected chi connectivity index (χ2v) is 5.77. The summed E-state index contributed by atoms with van der Waals surface area (Å²) in [5, 5.41) is 2.92. The molecule has 21 heavy (non-hydrogen) atoms. The summed E-state index contributed by atoms with van der Waals surface area (Å²) in [7, 11) is 0. The fourth-order valence-electron chi connectivity index (χ4n) is 2.89. The Balaban J connectivity index is 2.09. The molecule has 0 saturated carbocycles. The van der Waals surface area contributed by atoms with E-state index >= 15 is 0 Å². The summed E-state index contributed by atoms with van der Waals surface area (Å²) in [6.07, 6.45) is 5.42. The first-order chi connectivity index (χ1) is 10.2. The van der Waals surface area contributed by atoms with Gasteiger partial charge in [-0.25, -0.2) is 13.8 Å².